The largest absolute Gasteiger partial charge is 0.300 e. The van der Waals surface area contributed by atoms with Crippen molar-refractivity contribution in [3.63, 3.8) is 0 Å². The van der Waals surface area contributed by atoms with E-state index in [4.69, 9.17) is 0 Å². The molecule has 0 heterocycles. The van der Waals surface area contributed by atoms with E-state index in [1.807, 2.05) is 0 Å². The van der Waals surface area contributed by atoms with E-state index in [1.54, 1.807) is 0 Å². The van der Waals surface area contributed by atoms with E-state index in [1.165, 1.54) is 25.1 Å². The van der Waals surface area contributed by atoms with Crippen molar-refractivity contribution in [3.05, 3.63) is 29.3 Å². The Morgan fingerprint density at radius 1 is 1.50 bits per heavy atom. The topological polar surface area (TPSA) is 17.1 Å². The van der Waals surface area contributed by atoms with E-state index < -0.39 is 6.43 Å². The van der Waals surface area contributed by atoms with E-state index in [-0.39, 0.29) is 17.8 Å². The molecule has 0 aliphatic heterocycles. The molecule has 4 heteroatoms. The summed E-state index contributed by atoms with van der Waals surface area (Å²) in [6.07, 6.45) is -2.25. The zero-order valence-electron chi connectivity index (χ0n) is 7.63. The molecule has 0 aromatic heterocycles. The van der Waals surface area contributed by atoms with Gasteiger partial charge >= 0.3 is 0 Å². The van der Waals surface area contributed by atoms with E-state index in [2.05, 4.69) is 12.6 Å². The minimum Gasteiger partial charge on any atom is -0.300 e. The molecule has 1 aromatic rings. The summed E-state index contributed by atoms with van der Waals surface area (Å²) in [5.41, 5.74) is 0.618. The SMILES string of the molecule is CC(=O)Cc1ccc(C(F)F)cc1S. The molecule has 0 fully saturated rings. The first-order chi connectivity index (χ1) is 6.50. The molecule has 1 aromatic carbocycles. The molecule has 0 spiro atoms. The third kappa shape index (κ3) is 2.80. The van der Waals surface area contributed by atoms with E-state index in [0.29, 0.717) is 10.5 Å². The lowest BCUT2D eigenvalue weighted by Gasteiger charge is -2.05. The molecular formula is C10H10F2OS. The molecule has 76 valence electrons. The Morgan fingerprint density at radius 3 is 2.57 bits per heavy atom. The summed E-state index contributed by atoms with van der Waals surface area (Å²) in [7, 11) is 0. The first-order valence-corrected chi connectivity index (χ1v) is 4.55. The van der Waals surface area contributed by atoms with Gasteiger partial charge in [0.2, 0.25) is 0 Å². The number of hydrogen-bond acceptors (Lipinski definition) is 2. The highest BCUT2D eigenvalue weighted by molar-refractivity contribution is 7.80. The lowest BCUT2D eigenvalue weighted by atomic mass is 10.1. The summed E-state index contributed by atoms with van der Waals surface area (Å²) < 4.78 is 24.5. The summed E-state index contributed by atoms with van der Waals surface area (Å²) in [5.74, 6) is -0.00917. The maximum atomic E-state index is 12.2. The van der Waals surface area contributed by atoms with Gasteiger partial charge in [-0.1, -0.05) is 12.1 Å². The van der Waals surface area contributed by atoms with Gasteiger partial charge in [-0.25, -0.2) is 8.78 Å². The molecule has 0 unspecified atom stereocenters. The number of alkyl halides is 2. The Morgan fingerprint density at radius 2 is 2.14 bits per heavy atom. The Balaban J connectivity index is 2.95. The van der Waals surface area contributed by atoms with Gasteiger partial charge in [0.25, 0.3) is 6.43 Å². The molecule has 1 nitrogen and oxygen atoms in total. The fourth-order valence-electron chi connectivity index (χ4n) is 1.13. The van der Waals surface area contributed by atoms with Crippen molar-refractivity contribution in [2.75, 3.05) is 0 Å². The van der Waals surface area contributed by atoms with E-state index >= 15 is 0 Å². The molecule has 0 N–H and O–H groups in total. The second kappa shape index (κ2) is 4.55. The predicted octanol–water partition coefficient (Wildman–Crippen LogP) is 3.04. The van der Waals surface area contributed by atoms with Crippen LogP contribution in [0.5, 0.6) is 0 Å². The Kier molecular flexibility index (Phi) is 3.63. The molecule has 1 rings (SSSR count). The van der Waals surface area contributed by atoms with Crippen LogP contribution in [0.4, 0.5) is 8.78 Å². The van der Waals surface area contributed by atoms with Gasteiger partial charge in [-0.3, -0.25) is 4.79 Å². The molecule has 0 atom stereocenters. The van der Waals surface area contributed by atoms with Crippen LogP contribution in [0.3, 0.4) is 0 Å². The average molecular weight is 216 g/mol. The van der Waals surface area contributed by atoms with Crippen LogP contribution in [0.15, 0.2) is 23.1 Å². The highest BCUT2D eigenvalue weighted by Crippen LogP contribution is 2.24. The van der Waals surface area contributed by atoms with Crippen LogP contribution < -0.4 is 0 Å². The van der Waals surface area contributed by atoms with Crippen molar-refractivity contribution < 1.29 is 13.6 Å². The van der Waals surface area contributed by atoms with Crippen LogP contribution in [-0.4, -0.2) is 5.78 Å². The van der Waals surface area contributed by atoms with Crippen molar-refractivity contribution in [3.8, 4) is 0 Å². The number of carbonyl (C=O) groups excluding carboxylic acids is 1. The van der Waals surface area contributed by atoms with Gasteiger partial charge < -0.3 is 0 Å². The first kappa shape index (κ1) is 11.2. The lowest BCUT2D eigenvalue weighted by Crippen LogP contribution is -1.98. The van der Waals surface area contributed by atoms with Crippen LogP contribution >= 0.6 is 12.6 Å². The zero-order chi connectivity index (χ0) is 10.7. The summed E-state index contributed by atoms with van der Waals surface area (Å²) in [4.78, 5) is 11.2. The predicted molar refractivity (Wildman–Crippen MR) is 53.0 cm³/mol. The third-order valence-corrected chi connectivity index (χ3v) is 2.22. The van der Waals surface area contributed by atoms with Crippen molar-refractivity contribution >= 4 is 18.4 Å². The summed E-state index contributed by atoms with van der Waals surface area (Å²) in [6, 6.07) is 4.14. The molecule has 0 radical (unpaired) electrons. The number of benzene rings is 1. The highest BCUT2D eigenvalue weighted by atomic mass is 32.1. The second-order valence-corrected chi connectivity index (χ2v) is 3.55. The molecule has 0 saturated carbocycles. The molecule has 0 aliphatic carbocycles. The van der Waals surface area contributed by atoms with Crippen LogP contribution in [0.25, 0.3) is 0 Å². The number of rotatable bonds is 3. The number of Topliss-reactive ketones (excluding diaryl/α,β-unsaturated/α-hetero) is 1. The lowest BCUT2D eigenvalue weighted by molar-refractivity contribution is -0.116. The van der Waals surface area contributed by atoms with Crippen LogP contribution in [0, 0.1) is 0 Å². The maximum Gasteiger partial charge on any atom is 0.263 e. The average Bonchev–Trinajstić information content (AvgIpc) is 2.07. The van der Waals surface area contributed by atoms with Crippen molar-refractivity contribution in [1.82, 2.24) is 0 Å². The fraction of sp³-hybridized carbons (Fsp3) is 0.300. The Bertz CT molecular complexity index is 350. The number of halogens is 2. The van der Waals surface area contributed by atoms with E-state index in [9.17, 15) is 13.6 Å². The van der Waals surface area contributed by atoms with Crippen molar-refractivity contribution in [2.24, 2.45) is 0 Å². The quantitative estimate of drug-likeness (QED) is 0.768. The molecule has 0 bridgehead atoms. The van der Waals surface area contributed by atoms with Gasteiger partial charge in [-0.2, -0.15) is 0 Å². The Labute approximate surface area is 86.5 Å². The second-order valence-electron chi connectivity index (χ2n) is 3.07. The van der Waals surface area contributed by atoms with Gasteiger partial charge in [0.1, 0.15) is 5.78 Å². The summed E-state index contributed by atoms with van der Waals surface area (Å²) in [6.45, 7) is 1.45. The van der Waals surface area contributed by atoms with Crippen molar-refractivity contribution in [2.45, 2.75) is 24.7 Å². The number of thiol groups is 1. The minimum atomic E-state index is -2.49. The smallest absolute Gasteiger partial charge is 0.263 e. The van der Waals surface area contributed by atoms with Gasteiger partial charge in [-0.15, -0.1) is 12.6 Å². The van der Waals surface area contributed by atoms with Gasteiger partial charge in [0.15, 0.2) is 0 Å². The molecule has 0 saturated heterocycles. The highest BCUT2D eigenvalue weighted by Gasteiger charge is 2.09. The zero-order valence-corrected chi connectivity index (χ0v) is 8.52. The van der Waals surface area contributed by atoms with Crippen LogP contribution in [0.2, 0.25) is 0 Å². The monoisotopic (exact) mass is 216 g/mol. The third-order valence-electron chi connectivity index (χ3n) is 1.80. The normalized spacial score (nSPS) is 10.6. The number of ketones is 1. The fourth-order valence-corrected chi connectivity index (χ4v) is 1.44. The standard InChI is InChI=1S/C10H10F2OS/c1-6(13)4-7-2-3-8(10(11)12)5-9(7)14/h2-3,5,10,14H,4H2,1H3. The van der Waals surface area contributed by atoms with Crippen LogP contribution in [0.1, 0.15) is 24.5 Å². The summed E-state index contributed by atoms with van der Waals surface area (Å²) in [5, 5.41) is 0. The maximum absolute atomic E-state index is 12.2. The van der Waals surface area contributed by atoms with E-state index in [0.717, 1.165) is 0 Å². The van der Waals surface area contributed by atoms with Crippen LogP contribution in [-0.2, 0) is 11.2 Å². The van der Waals surface area contributed by atoms with Crippen molar-refractivity contribution in [1.29, 1.82) is 0 Å². The molecule has 0 aliphatic rings. The number of hydrogen-bond donors (Lipinski definition) is 1. The van der Waals surface area contributed by atoms with Gasteiger partial charge in [0.05, 0.1) is 0 Å². The Hall–Kier alpha value is -0.900. The molecular weight excluding hydrogens is 206 g/mol. The summed E-state index contributed by atoms with van der Waals surface area (Å²) >= 11 is 4.05. The minimum absolute atomic E-state index is 0.00917. The molecule has 0 amide bonds. The molecule has 14 heavy (non-hydrogen) atoms. The van der Waals surface area contributed by atoms with Gasteiger partial charge in [-0.05, 0) is 18.6 Å². The van der Waals surface area contributed by atoms with Gasteiger partial charge in [0, 0.05) is 16.9 Å². The first-order valence-electron chi connectivity index (χ1n) is 4.10. The number of carbonyl (C=O) groups is 1.